The summed E-state index contributed by atoms with van der Waals surface area (Å²) in [4.78, 5) is 11.8. The SMILES string of the molecule is COCCNCCNC(=O)C(C)Oc1ccc(F)cc1Br.Cl. The highest BCUT2D eigenvalue weighted by Gasteiger charge is 2.15. The van der Waals surface area contributed by atoms with E-state index in [1.54, 1.807) is 14.0 Å². The Labute approximate surface area is 144 Å². The lowest BCUT2D eigenvalue weighted by molar-refractivity contribution is -0.127. The first kappa shape index (κ1) is 21.1. The number of hydrogen-bond donors (Lipinski definition) is 2. The Bertz CT molecular complexity index is 466. The van der Waals surface area contributed by atoms with Gasteiger partial charge in [-0.2, -0.15) is 0 Å². The second-order valence-corrected chi connectivity index (χ2v) is 5.22. The Morgan fingerprint density at radius 3 is 2.73 bits per heavy atom. The molecule has 1 rings (SSSR count). The maximum absolute atomic E-state index is 13.0. The molecule has 0 saturated heterocycles. The first-order valence-electron chi connectivity index (χ1n) is 6.63. The van der Waals surface area contributed by atoms with Gasteiger partial charge in [0.05, 0.1) is 11.1 Å². The second-order valence-electron chi connectivity index (χ2n) is 4.37. The van der Waals surface area contributed by atoms with Crippen molar-refractivity contribution in [1.29, 1.82) is 0 Å². The van der Waals surface area contributed by atoms with Gasteiger partial charge in [0.2, 0.25) is 0 Å². The fourth-order valence-electron chi connectivity index (χ4n) is 1.53. The third kappa shape index (κ3) is 7.93. The van der Waals surface area contributed by atoms with E-state index in [1.807, 2.05) is 0 Å². The summed E-state index contributed by atoms with van der Waals surface area (Å²) in [6, 6.07) is 4.06. The van der Waals surface area contributed by atoms with E-state index in [2.05, 4.69) is 26.6 Å². The molecule has 1 unspecified atom stereocenters. The second kappa shape index (κ2) is 11.6. The van der Waals surface area contributed by atoms with Gasteiger partial charge < -0.3 is 20.1 Å². The van der Waals surface area contributed by atoms with Crippen molar-refractivity contribution >= 4 is 34.2 Å². The lowest BCUT2D eigenvalue weighted by Gasteiger charge is -2.16. The molecule has 1 aromatic rings. The first-order chi connectivity index (χ1) is 10.0. The molecule has 22 heavy (non-hydrogen) atoms. The molecule has 0 aliphatic rings. The van der Waals surface area contributed by atoms with Crippen molar-refractivity contribution in [3.8, 4) is 5.75 Å². The van der Waals surface area contributed by atoms with Crippen LogP contribution >= 0.6 is 28.3 Å². The number of carbonyl (C=O) groups is 1. The van der Waals surface area contributed by atoms with Crippen LogP contribution < -0.4 is 15.4 Å². The van der Waals surface area contributed by atoms with E-state index in [4.69, 9.17) is 9.47 Å². The van der Waals surface area contributed by atoms with Crippen LogP contribution in [0.15, 0.2) is 22.7 Å². The fourth-order valence-corrected chi connectivity index (χ4v) is 1.98. The van der Waals surface area contributed by atoms with Crippen LogP contribution in [-0.4, -0.2) is 45.4 Å². The molecular formula is C14H21BrClFN2O3. The molecule has 0 bridgehead atoms. The number of benzene rings is 1. The lowest BCUT2D eigenvalue weighted by Crippen LogP contribution is -2.40. The van der Waals surface area contributed by atoms with Gasteiger partial charge in [-0.1, -0.05) is 0 Å². The van der Waals surface area contributed by atoms with Crippen LogP contribution in [0.1, 0.15) is 6.92 Å². The van der Waals surface area contributed by atoms with E-state index in [0.29, 0.717) is 29.9 Å². The highest BCUT2D eigenvalue weighted by atomic mass is 79.9. The van der Waals surface area contributed by atoms with Gasteiger partial charge in [0.15, 0.2) is 6.10 Å². The van der Waals surface area contributed by atoms with Crippen LogP contribution in [0.5, 0.6) is 5.75 Å². The van der Waals surface area contributed by atoms with Crippen LogP contribution in [0.25, 0.3) is 0 Å². The third-order valence-electron chi connectivity index (χ3n) is 2.65. The molecule has 1 atom stereocenters. The monoisotopic (exact) mass is 398 g/mol. The Morgan fingerprint density at radius 1 is 1.36 bits per heavy atom. The van der Waals surface area contributed by atoms with Crippen molar-refractivity contribution in [3.05, 3.63) is 28.5 Å². The van der Waals surface area contributed by atoms with Gasteiger partial charge in [-0.3, -0.25) is 4.79 Å². The number of halogens is 3. The maximum Gasteiger partial charge on any atom is 0.260 e. The van der Waals surface area contributed by atoms with Crippen molar-refractivity contribution in [1.82, 2.24) is 10.6 Å². The quantitative estimate of drug-likeness (QED) is 0.625. The molecule has 0 aromatic heterocycles. The van der Waals surface area contributed by atoms with Gasteiger partial charge in [-0.15, -0.1) is 12.4 Å². The summed E-state index contributed by atoms with van der Waals surface area (Å²) >= 11 is 3.19. The molecule has 0 aliphatic heterocycles. The minimum absolute atomic E-state index is 0. The minimum atomic E-state index is -0.661. The van der Waals surface area contributed by atoms with Gasteiger partial charge in [0.25, 0.3) is 5.91 Å². The van der Waals surface area contributed by atoms with Gasteiger partial charge in [0, 0.05) is 26.7 Å². The fraction of sp³-hybridized carbons (Fsp3) is 0.500. The molecule has 0 heterocycles. The molecular weight excluding hydrogens is 379 g/mol. The molecule has 0 fully saturated rings. The van der Waals surface area contributed by atoms with Crippen LogP contribution in [0, 0.1) is 5.82 Å². The molecule has 0 aliphatic carbocycles. The van der Waals surface area contributed by atoms with E-state index < -0.39 is 6.10 Å². The highest BCUT2D eigenvalue weighted by Crippen LogP contribution is 2.26. The summed E-state index contributed by atoms with van der Waals surface area (Å²) in [7, 11) is 1.63. The van der Waals surface area contributed by atoms with Crippen molar-refractivity contribution < 1.29 is 18.7 Å². The van der Waals surface area contributed by atoms with Gasteiger partial charge in [0.1, 0.15) is 11.6 Å². The van der Waals surface area contributed by atoms with Crippen LogP contribution in [0.4, 0.5) is 4.39 Å². The average molecular weight is 400 g/mol. The van der Waals surface area contributed by atoms with E-state index in [-0.39, 0.29) is 24.1 Å². The number of amides is 1. The average Bonchev–Trinajstić information content (AvgIpc) is 2.45. The third-order valence-corrected chi connectivity index (χ3v) is 3.27. The van der Waals surface area contributed by atoms with Gasteiger partial charge in [-0.05, 0) is 41.1 Å². The zero-order valence-electron chi connectivity index (χ0n) is 12.5. The Hall–Kier alpha value is -0.890. The first-order valence-corrected chi connectivity index (χ1v) is 7.43. The number of hydrogen-bond acceptors (Lipinski definition) is 4. The molecule has 2 N–H and O–H groups in total. The summed E-state index contributed by atoms with van der Waals surface area (Å²) in [5.41, 5.74) is 0. The van der Waals surface area contributed by atoms with E-state index in [1.165, 1.54) is 18.2 Å². The number of methoxy groups -OCH3 is 1. The van der Waals surface area contributed by atoms with E-state index in [0.717, 1.165) is 6.54 Å². The molecule has 0 radical (unpaired) electrons. The van der Waals surface area contributed by atoms with Crippen molar-refractivity contribution in [2.45, 2.75) is 13.0 Å². The van der Waals surface area contributed by atoms with Crippen molar-refractivity contribution in [3.63, 3.8) is 0 Å². The smallest absolute Gasteiger partial charge is 0.260 e. The van der Waals surface area contributed by atoms with Crippen LogP contribution in [-0.2, 0) is 9.53 Å². The number of ether oxygens (including phenoxy) is 2. The van der Waals surface area contributed by atoms with E-state index in [9.17, 15) is 9.18 Å². The van der Waals surface area contributed by atoms with Gasteiger partial charge >= 0.3 is 0 Å². The predicted molar refractivity (Wildman–Crippen MR) is 89.2 cm³/mol. The zero-order chi connectivity index (χ0) is 15.7. The Balaban J connectivity index is 0.00000441. The number of carbonyl (C=O) groups excluding carboxylic acids is 1. The number of rotatable bonds is 9. The van der Waals surface area contributed by atoms with Crippen LogP contribution in [0.3, 0.4) is 0 Å². The maximum atomic E-state index is 13.0. The Morgan fingerprint density at radius 2 is 2.09 bits per heavy atom. The normalized spacial score (nSPS) is 11.5. The Kier molecular flexibility index (Phi) is 11.2. The predicted octanol–water partition coefficient (Wildman–Crippen LogP) is 2.13. The number of nitrogens with one attached hydrogen (secondary N) is 2. The lowest BCUT2D eigenvalue weighted by atomic mass is 10.3. The van der Waals surface area contributed by atoms with Crippen molar-refractivity contribution in [2.75, 3.05) is 33.4 Å². The van der Waals surface area contributed by atoms with Gasteiger partial charge in [-0.25, -0.2) is 4.39 Å². The largest absolute Gasteiger partial charge is 0.480 e. The molecule has 0 saturated carbocycles. The van der Waals surface area contributed by atoms with Crippen molar-refractivity contribution in [2.24, 2.45) is 0 Å². The summed E-state index contributed by atoms with van der Waals surface area (Å²) in [6.07, 6.45) is -0.661. The molecule has 0 spiro atoms. The summed E-state index contributed by atoms with van der Waals surface area (Å²) in [5, 5.41) is 5.87. The summed E-state index contributed by atoms with van der Waals surface area (Å²) in [5.74, 6) is -0.162. The standard InChI is InChI=1S/C14H20BrFN2O3.ClH/c1-10(14(19)18-6-5-17-7-8-20-2)21-13-4-3-11(16)9-12(13)15;/h3-4,9-10,17H,5-8H2,1-2H3,(H,18,19);1H. The topological polar surface area (TPSA) is 59.6 Å². The molecule has 5 nitrogen and oxygen atoms in total. The van der Waals surface area contributed by atoms with Crippen LogP contribution in [0.2, 0.25) is 0 Å². The highest BCUT2D eigenvalue weighted by molar-refractivity contribution is 9.10. The zero-order valence-corrected chi connectivity index (χ0v) is 14.9. The summed E-state index contributed by atoms with van der Waals surface area (Å²) < 4.78 is 23.8. The minimum Gasteiger partial charge on any atom is -0.480 e. The molecule has 1 aromatic carbocycles. The summed E-state index contributed by atoms with van der Waals surface area (Å²) in [6.45, 7) is 4.17. The molecule has 126 valence electrons. The van der Waals surface area contributed by atoms with E-state index >= 15 is 0 Å². The molecule has 1 amide bonds. The molecule has 8 heteroatoms.